The Balaban J connectivity index is 2.93. The van der Waals surface area contributed by atoms with Crippen LogP contribution in [-0.4, -0.2) is 15.9 Å². The van der Waals surface area contributed by atoms with Crippen molar-refractivity contribution in [2.45, 2.75) is 46.6 Å². The molecule has 1 unspecified atom stereocenters. The predicted molar refractivity (Wildman–Crippen MR) is 72.8 cm³/mol. The minimum absolute atomic E-state index is 0.0489. The Labute approximate surface area is 108 Å². The third kappa shape index (κ3) is 3.42. The van der Waals surface area contributed by atoms with E-state index in [4.69, 9.17) is 0 Å². The fourth-order valence-electron chi connectivity index (χ4n) is 2.13. The van der Waals surface area contributed by atoms with E-state index in [1.54, 1.807) is 19.2 Å². The summed E-state index contributed by atoms with van der Waals surface area (Å²) in [5, 5.41) is 14.2. The minimum atomic E-state index is -0.387. The van der Waals surface area contributed by atoms with E-state index in [2.05, 4.69) is 24.1 Å². The molecule has 0 aliphatic carbocycles. The Morgan fingerprint density at radius 1 is 1.44 bits per heavy atom. The van der Waals surface area contributed by atoms with Crippen molar-refractivity contribution in [2.75, 3.05) is 5.32 Å². The molecule has 0 spiro atoms. The SMILES string of the molecule is CCC(CC)C(C)Nc1ncc(C)cc1[N+](=O)[O-]. The summed E-state index contributed by atoms with van der Waals surface area (Å²) in [5.41, 5.74) is 0.843. The minimum Gasteiger partial charge on any atom is -0.362 e. The zero-order valence-electron chi connectivity index (χ0n) is 11.4. The standard InChI is InChI=1S/C13H21N3O2/c1-5-11(6-2)10(4)15-13-12(16(17)18)7-9(3)8-14-13/h7-8,10-11H,5-6H2,1-4H3,(H,14,15). The largest absolute Gasteiger partial charge is 0.362 e. The molecule has 0 aromatic carbocycles. The fourth-order valence-corrected chi connectivity index (χ4v) is 2.13. The average molecular weight is 251 g/mol. The molecule has 100 valence electrons. The number of hydrogen-bond acceptors (Lipinski definition) is 4. The van der Waals surface area contributed by atoms with E-state index in [0.717, 1.165) is 18.4 Å². The van der Waals surface area contributed by atoms with Crippen molar-refractivity contribution in [3.8, 4) is 0 Å². The van der Waals surface area contributed by atoms with Gasteiger partial charge >= 0.3 is 5.69 Å². The smallest absolute Gasteiger partial charge is 0.311 e. The Hall–Kier alpha value is -1.65. The number of hydrogen-bond donors (Lipinski definition) is 1. The van der Waals surface area contributed by atoms with Crippen molar-refractivity contribution >= 4 is 11.5 Å². The van der Waals surface area contributed by atoms with Gasteiger partial charge in [-0.3, -0.25) is 10.1 Å². The Bertz CT molecular complexity index is 417. The monoisotopic (exact) mass is 251 g/mol. The molecular formula is C13H21N3O2. The highest BCUT2D eigenvalue weighted by Gasteiger charge is 2.20. The summed E-state index contributed by atoms with van der Waals surface area (Å²) < 4.78 is 0. The molecule has 0 saturated carbocycles. The van der Waals surface area contributed by atoms with Crippen LogP contribution in [-0.2, 0) is 0 Å². The van der Waals surface area contributed by atoms with E-state index >= 15 is 0 Å². The molecule has 0 aliphatic rings. The molecular weight excluding hydrogens is 230 g/mol. The normalized spacial score (nSPS) is 12.5. The van der Waals surface area contributed by atoms with Crippen LogP contribution in [0.25, 0.3) is 0 Å². The Morgan fingerprint density at radius 3 is 2.56 bits per heavy atom. The van der Waals surface area contributed by atoms with Crippen LogP contribution in [0.3, 0.4) is 0 Å². The van der Waals surface area contributed by atoms with Gasteiger partial charge in [-0.15, -0.1) is 0 Å². The van der Waals surface area contributed by atoms with Crippen LogP contribution >= 0.6 is 0 Å². The first-order valence-corrected chi connectivity index (χ1v) is 6.37. The molecule has 1 N–H and O–H groups in total. The molecule has 0 aliphatic heterocycles. The first kappa shape index (κ1) is 14.4. The van der Waals surface area contributed by atoms with E-state index in [1.807, 2.05) is 6.92 Å². The third-order valence-corrected chi connectivity index (χ3v) is 3.32. The van der Waals surface area contributed by atoms with Crippen LogP contribution in [0.1, 0.15) is 39.2 Å². The van der Waals surface area contributed by atoms with Gasteiger partial charge in [-0.05, 0) is 25.3 Å². The second-order valence-corrected chi connectivity index (χ2v) is 4.65. The molecule has 0 saturated heterocycles. The number of aromatic nitrogens is 1. The van der Waals surface area contributed by atoms with Crippen LogP contribution in [0, 0.1) is 23.0 Å². The van der Waals surface area contributed by atoms with Crippen LogP contribution < -0.4 is 5.32 Å². The highest BCUT2D eigenvalue weighted by atomic mass is 16.6. The maximum atomic E-state index is 11.0. The number of anilines is 1. The zero-order chi connectivity index (χ0) is 13.7. The maximum Gasteiger partial charge on any atom is 0.311 e. The molecule has 0 radical (unpaired) electrons. The number of nitrogens with zero attached hydrogens (tertiary/aromatic N) is 2. The molecule has 18 heavy (non-hydrogen) atoms. The lowest BCUT2D eigenvalue weighted by Gasteiger charge is -2.22. The van der Waals surface area contributed by atoms with Gasteiger partial charge in [0, 0.05) is 18.3 Å². The zero-order valence-corrected chi connectivity index (χ0v) is 11.4. The van der Waals surface area contributed by atoms with Crippen molar-refractivity contribution in [1.82, 2.24) is 4.98 Å². The van der Waals surface area contributed by atoms with E-state index in [-0.39, 0.29) is 16.7 Å². The molecule has 5 heteroatoms. The summed E-state index contributed by atoms with van der Waals surface area (Å²) in [6, 6.07) is 1.73. The summed E-state index contributed by atoms with van der Waals surface area (Å²) in [7, 11) is 0. The molecule has 1 atom stereocenters. The molecule has 1 rings (SSSR count). The summed E-state index contributed by atoms with van der Waals surface area (Å²) in [4.78, 5) is 14.7. The quantitative estimate of drug-likeness (QED) is 0.620. The maximum absolute atomic E-state index is 11.0. The van der Waals surface area contributed by atoms with E-state index in [9.17, 15) is 10.1 Å². The molecule has 1 aromatic heterocycles. The highest BCUT2D eigenvalue weighted by molar-refractivity contribution is 5.57. The number of aryl methyl sites for hydroxylation is 1. The van der Waals surface area contributed by atoms with Gasteiger partial charge in [0.2, 0.25) is 5.82 Å². The molecule has 0 amide bonds. The van der Waals surface area contributed by atoms with E-state index in [1.165, 1.54) is 0 Å². The summed E-state index contributed by atoms with van der Waals surface area (Å²) >= 11 is 0. The van der Waals surface area contributed by atoms with Gasteiger partial charge in [0.25, 0.3) is 0 Å². The number of nitro groups is 1. The van der Waals surface area contributed by atoms with Crippen molar-refractivity contribution in [3.05, 3.63) is 27.9 Å². The third-order valence-electron chi connectivity index (χ3n) is 3.32. The molecule has 5 nitrogen and oxygen atoms in total. The van der Waals surface area contributed by atoms with Gasteiger partial charge in [0.15, 0.2) is 0 Å². The molecule has 1 aromatic rings. The van der Waals surface area contributed by atoms with Crippen molar-refractivity contribution < 1.29 is 4.92 Å². The van der Waals surface area contributed by atoms with E-state index in [0.29, 0.717) is 11.7 Å². The van der Waals surface area contributed by atoms with Crippen LogP contribution in [0.2, 0.25) is 0 Å². The van der Waals surface area contributed by atoms with Crippen LogP contribution in [0.4, 0.5) is 11.5 Å². The fraction of sp³-hybridized carbons (Fsp3) is 0.615. The average Bonchev–Trinajstić information content (AvgIpc) is 2.32. The lowest BCUT2D eigenvalue weighted by molar-refractivity contribution is -0.384. The van der Waals surface area contributed by atoms with Gasteiger partial charge < -0.3 is 5.32 Å². The van der Waals surface area contributed by atoms with Crippen LogP contribution in [0.5, 0.6) is 0 Å². The second kappa shape index (κ2) is 6.33. The number of nitrogens with one attached hydrogen (secondary N) is 1. The Kier molecular flexibility index (Phi) is 5.07. The summed E-state index contributed by atoms with van der Waals surface area (Å²) in [5.74, 6) is 0.859. The first-order chi connectivity index (χ1) is 8.49. The van der Waals surface area contributed by atoms with Gasteiger partial charge in [0.1, 0.15) is 0 Å². The highest BCUT2D eigenvalue weighted by Crippen LogP contribution is 2.25. The second-order valence-electron chi connectivity index (χ2n) is 4.65. The lowest BCUT2D eigenvalue weighted by atomic mass is 9.95. The summed E-state index contributed by atoms with van der Waals surface area (Å²) in [6.07, 6.45) is 3.74. The lowest BCUT2D eigenvalue weighted by Crippen LogP contribution is -2.26. The van der Waals surface area contributed by atoms with Crippen molar-refractivity contribution in [1.29, 1.82) is 0 Å². The van der Waals surface area contributed by atoms with Gasteiger partial charge in [-0.2, -0.15) is 0 Å². The topological polar surface area (TPSA) is 68.1 Å². The van der Waals surface area contributed by atoms with E-state index < -0.39 is 0 Å². The van der Waals surface area contributed by atoms with Crippen molar-refractivity contribution in [2.24, 2.45) is 5.92 Å². The van der Waals surface area contributed by atoms with Crippen molar-refractivity contribution in [3.63, 3.8) is 0 Å². The van der Waals surface area contributed by atoms with Gasteiger partial charge in [0.05, 0.1) is 4.92 Å². The summed E-state index contributed by atoms with van der Waals surface area (Å²) in [6.45, 7) is 8.10. The molecule has 0 bridgehead atoms. The number of pyridine rings is 1. The van der Waals surface area contributed by atoms with Gasteiger partial charge in [-0.1, -0.05) is 26.7 Å². The Morgan fingerprint density at radius 2 is 2.06 bits per heavy atom. The number of rotatable bonds is 6. The van der Waals surface area contributed by atoms with Crippen LogP contribution in [0.15, 0.2) is 12.3 Å². The predicted octanol–water partition coefficient (Wildman–Crippen LogP) is 3.53. The molecule has 1 heterocycles. The van der Waals surface area contributed by atoms with Gasteiger partial charge in [-0.25, -0.2) is 4.98 Å². The molecule has 0 fully saturated rings. The first-order valence-electron chi connectivity index (χ1n) is 6.37.